The van der Waals surface area contributed by atoms with E-state index in [1.807, 2.05) is 19.1 Å². The summed E-state index contributed by atoms with van der Waals surface area (Å²) in [5.74, 6) is 2.51. The Kier molecular flexibility index (Phi) is 4.57. The maximum atomic E-state index is 12.3. The number of nitrogens with one attached hydrogen (secondary N) is 1. The van der Waals surface area contributed by atoms with Crippen molar-refractivity contribution >= 4 is 0 Å². The third-order valence-electron chi connectivity index (χ3n) is 5.00. The highest BCUT2D eigenvalue weighted by Crippen LogP contribution is 2.31. The van der Waals surface area contributed by atoms with Gasteiger partial charge in [-0.15, -0.1) is 0 Å². The van der Waals surface area contributed by atoms with Gasteiger partial charge in [-0.05, 0) is 49.8 Å². The Hall–Kier alpha value is -2.14. The van der Waals surface area contributed by atoms with Gasteiger partial charge in [-0.1, -0.05) is 12.1 Å². The van der Waals surface area contributed by atoms with Crippen molar-refractivity contribution in [3.63, 3.8) is 0 Å². The molecule has 0 radical (unpaired) electrons. The zero-order valence-corrected chi connectivity index (χ0v) is 14.8. The van der Waals surface area contributed by atoms with E-state index in [4.69, 9.17) is 9.72 Å². The van der Waals surface area contributed by atoms with Crippen molar-refractivity contribution in [2.75, 3.05) is 13.2 Å². The molecule has 1 saturated carbocycles. The second-order valence-corrected chi connectivity index (χ2v) is 7.13. The molecule has 25 heavy (non-hydrogen) atoms. The molecule has 0 atom stereocenters. The number of H-pyrrole nitrogens is 1. The average molecular weight is 339 g/mol. The fourth-order valence-electron chi connectivity index (χ4n) is 3.53. The largest absolute Gasteiger partial charge is 0.494 e. The first-order valence-electron chi connectivity index (χ1n) is 9.26. The SMILES string of the molecule is CCOc1cccc(CN2CCc3c(nc(CC4CC4)[nH]c3=O)C2)c1. The van der Waals surface area contributed by atoms with Crippen LogP contribution < -0.4 is 10.3 Å². The zero-order chi connectivity index (χ0) is 17.2. The van der Waals surface area contributed by atoms with Crippen molar-refractivity contribution in [3.8, 4) is 5.75 Å². The molecule has 1 N–H and O–H groups in total. The van der Waals surface area contributed by atoms with Crippen molar-refractivity contribution in [2.45, 2.75) is 45.7 Å². The Bertz CT molecular complexity index is 811. The molecule has 5 nitrogen and oxygen atoms in total. The van der Waals surface area contributed by atoms with Crippen LogP contribution in [0.3, 0.4) is 0 Å². The first-order chi connectivity index (χ1) is 12.2. The van der Waals surface area contributed by atoms with Gasteiger partial charge in [0.2, 0.25) is 0 Å². The number of fused-ring (bicyclic) bond motifs is 1. The maximum Gasteiger partial charge on any atom is 0.254 e. The second-order valence-electron chi connectivity index (χ2n) is 7.13. The molecule has 2 aromatic rings. The molecule has 2 aliphatic rings. The van der Waals surface area contributed by atoms with E-state index in [9.17, 15) is 4.79 Å². The Labute approximate surface area is 148 Å². The van der Waals surface area contributed by atoms with E-state index in [2.05, 4.69) is 22.0 Å². The highest BCUT2D eigenvalue weighted by atomic mass is 16.5. The minimum Gasteiger partial charge on any atom is -0.494 e. The second kappa shape index (κ2) is 7.00. The predicted octanol–water partition coefficient (Wildman–Crippen LogP) is 2.68. The molecule has 5 heteroatoms. The molecule has 0 amide bonds. The molecule has 0 unspecified atom stereocenters. The summed E-state index contributed by atoms with van der Waals surface area (Å²) < 4.78 is 5.59. The summed E-state index contributed by atoms with van der Waals surface area (Å²) in [4.78, 5) is 22.5. The zero-order valence-electron chi connectivity index (χ0n) is 14.8. The van der Waals surface area contributed by atoms with Crippen LogP contribution in [0.5, 0.6) is 5.75 Å². The minimum atomic E-state index is 0.0682. The van der Waals surface area contributed by atoms with Gasteiger partial charge in [0.15, 0.2) is 0 Å². The van der Waals surface area contributed by atoms with Crippen molar-refractivity contribution in [3.05, 3.63) is 57.3 Å². The van der Waals surface area contributed by atoms with E-state index < -0.39 is 0 Å². The number of hydrogen-bond donors (Lipinski definition) is 1. The van der Waals surface area contributed by atoms with Crippen molar-refractivity contribution in [1.29, 1.82) is 0 Å². The molecule has 1 aromatic carbocycles. The van der Waals surface area contributed by atoms with Gasteiger partial charge in [0.1, 0.15) is 11.6 Å². The first kappa shape index (κ1) is 16.3. The summed E-state index contributed by atoms with van der Waals surface area (Å²) in [5, 5.41) is 0. The monoisotopic (exact) mass is 339 g/mol. The maximum absolute atomic E-state index is 12.3. The van der Waals surface area contributed by atoms with Gasteiger partial charge in [-0.3, -0.25) is 9.69 Å². The first-order valence-corrected chi connectivity index (χ1v) is 9.26. The van der Waals surface area contributed by atoms with Crippen molar-refractivity contribution in [2.24, 2.45) is 5.92 Å². The molecule has 132 valence electrons. The van der Waals surface area contributed by atoms with Gasteiger partial charge in [0.05, 0.1) is 12.3 Å². The van der Waals surface area contributed by atoms with Crippen molar-refractivity contribution in [1.82, 2.24) is 14.9 Å². The summed E-state index contributed by atoms with van der Waals surface area (Å²) in [6.07, 6.45) is 4.22. The van der Waals surface area contributed by atoms with E-state index in [0.29, 0.717) is 6.61 Å². The third kappa shape index (κ3) is 3.93. The fourth-order valence-corrected chi connectivity index (χ4v) is 3.53. The van der Waals surface area contributed by atoms with E-state index in [1.165, 1.54) is 18.4 Å². The van der Waals surface area contributed by atoms with Crippen molar-refractivity contribution < 1.29 is 4.74 Å². The molecule has 1 aromatic heterocycles. The molecule has 1 fully saturated rings. The highest BCUT2D eigenvalue weighted by molar-refractivity contribution is 5.29. The van der Waals surface area contributed by atoms with E-state index in [-0.39, 0.29) is 5.56 Å². The number of ether oxygens (including phenoxy) is 1. The van der Waals surface area contributed by atoms with Gasteiger partial charge < -0.3 is 9.72 Å². The van der Waals surface area contributed by atoms with Gasteiger partial charge in [0.25, 0.3) is 5.56 Å². The summed E-state index contributed by atoms with van der Waals surface area (Å²) in [6.45, 7) is 5.16. The molecule has 1 aliphatic carbocycles. The standard InChI is InChI=1S/C20H25N3O2/c1-2-25-16-5-3-4-15(10-16)12-23-9-8-17-18(13-23)21-19(22-20(17)24)11-14-6-7-14/h3-5,10,14H,2,6-9,11-13H2,1H3,(H,21,22,24). The predicted molar refractivity (Wildman–Crippen MR) is 96.7 cm³/mol. The highest BCUT2D eigenvalue weighted by Gasteiger charge is 2.25. The molecule has 1 aliphatic heterocycles. The van der Waals surface area contributed by atoms with Gasteiger partial charge in [-0.25, -0.2) is 4.98 Å². The molecular formula is C20H25N3O2. The molecule has 0 spiro atoms. The topological polar surface area (TPSA) is 58.2 Å². The lowest BCUT2D eigenvalue weighted by Crippen LogP contribution is -2.35. The number of benzene rings is 1. The molecule has 0 bridgehead atoms. The molecular weight excluding hydrogens is 314 g/mol. The van der Waals surface area contributed by atoms with E-state index >= 15 is 0 Å². The van der Waals surface area contributed by atoms with Crippen LogP contribution in [-0.2, 0) is 25.9 Å². The van der Waals surface area contributed by atoms with Crippen LogP contribution in [0.25, 0.3) is 0 Å². The van der Waals surface area contributed by atoms with Crippen LogP contribution in [0.2, 0.25) is 0 Å². The van der Waals surface area contributed by atoms with Crippen LogP contribution in [0.15, 0.2) is 29.1 Å². The Balaban J connectivity index is 1.49. The quantitative estimate of drug-likeness (QED) is 0.879. The van der Waals surface area contributed by atoms with Crippen LogP contribution in [0.4, 0.5) is 0 Å². The fraction of sp³-hybridized carbons (Fsp3) is 0.500. The van der Waals surface area contributed by atoms with Crippen LogP contribution in [0.1, 0.15) is 42.4 Å². The Morgan fingerprint density at radius 2 is 2.24 bits per heavy atom. The number of hydrogen-bond acceptors (Lipinski definition) is 4. The van der Waals surface area contributed by atoms with Crippen LogP contribution in [-0.4, -0.2) is 28.0 Å². The minimum absolute atomic E-state index is 0.0682. The van der Waals surface area contributed by atoms with Gasteiger partial charge >= 0.3 is 0 Å². The van der Waals surface area contributed by atoms with Crippen LogP contribution in [0, 0.1) is 5.92 Å². The molecule has 4 rings (SSSR count). The van der Waals surface area contributed by atoms with Gasteiger partial charge in [-0.2, -0.15) is 0 Å². The Morgan fingerprint density at radius 1 is 1.36 bits per heavy atom. The smallest absolute Gasteiger partial charge is 0.254 e. The third-order valence-corrected chi connectivity index (χ3v) is 5.00. The Morgan fingerprint density at radius 3 is 3.04 bits per heavy atom. The van der Waals surface area contributed by atoms with Gasteiger partial charge in [0, 0.05) is 31.6 Å². The summed E-state index contributed by atoms with van der Waals surface area (Å²) in [7, 11) is 0. The average Bonchev–Trinajstić information content (AvgIpc) is 3.39. The normalized spacial score (nSPS) is 17.3. The number of nitrogens with zero attached hydrogens (tertiary/aromatic N) is 2. The number of aromatic nitrogens is 2. The van der Waals surface area contributed by atoms with Crippen LogP contribution >= 0.6 is 0 Å². The lowest BCUT2D eigenvalue weighted by Gasteiger charge is -2.27. The molecule has 2 heterocycles. The van der Waals surface area contributed by atoms with E-state index in [0.717, 1.165) is 61.2 Å². The number of aromatic amines is 1. The summed E-state index contributed by atoms with van der Waals surface area (Å²) >= 11 is 0. The summed E-state index contributed by atoms with van der Waals surface area (Å²) in [6, 6.07) is 8.25. The van der Waals surface area contributed by atoms with E-state index in [1.54, 1.807) is 0 Å². The number of rotatable bonds is 6. The lowest BCUT2D eigenvalue weighted by molar-refractivity contribution is 0.239. The summed E-state index contributed by atoms with van der Waals surface area (Å²) in [5.41, 5.74) is 3.14. The molecule has 0 saturated heterocycles. The lowest BCUT2D eigenvalue weighted by atomic mass is 10.1.